The number of fused-ring (bicyclic) bond motifs is 1. The van der Waals surface area contributed by atoms with E-state index in [0.717, 1.165) is 23.0 Å². The van der Waals surface area contributed by atoms with Gasteiger partial charge in [0.25, 0.3) is 0 Å². The summed E-state index contributed by atoms with van der Waals surface area (Å²) in [6.45, 7) is 3.10. The molecule has 1 heterocycles. The van der Waals surface area contributed by atoms with E-state index in [1.807, 2.05) is 12.3 Å². The third-order valence-electron chi connectivity index (χ3n) is 3.75. The van der Waals surface area contributed by atoms with Gasteiger partial charge in [-0.1, -0.05) is 40.2 Å². The van der Waals surface area contributed by atoms with E-state index < -0.39 is 0 Å². The molecular formula is C19H19BrN2. The number of hydrogen-bond acceptors (Lipinski definition) is 2. The fourth-order valence-electron chi connectivity index (χ4n) is 2.62. The molecule has 3 aromatic rings. The number of aromatic nitrogens is 1. The van der Waals surface area contributed by atoms with Crippen LogP contribution in [0.5, 0.6) is 0 Å². The molecule has 2 nitrogen and oxygen atoms in total. The first-order valence-electron chi connectivity index (χ1n) is 7.52. The van der Waals surface area contributed by atoms with Gasteiger partial charge in [-0.3, -0.25) is 4.98 Å². The molecule has 0 fully saturated rings. The zero-order valence-electron chi connectivity index (χ0n) is 12.6. The molecule has 0 aliphatic carbocycles. The van der Waals surface area contributed by atoms with Gasteiger partial charge in [0.15, 0.2) is 0 Å². The van der Waals surface area contributed by atoms with Crippen LogP contribution >= 0.6 is 15.9 Å². The molecule has 0 amide bonds. The summed E-state index contributed by atoms with van der Waals surface area (Å²) in [4.78, 5) is 4.36. The Morgan fingerprint density at radius 2 is 1.95 bits per heavy atom. The van der Waals surface area contributed by atoms with Crippen molar-refractivity contribution in [1.29, 1.82) is 0 Å². The Labute approximate surface area is 139 Å². The topological polar surface area (TPSA) is 24.9 Å². The van der Waals surface area contributed by atoms with Crippen LogP contribution in [0.15, 0.2) is 65.3 Å². The van der Waals surface area contributed by atoms with Crippen LogP contribution in [0.1, 0.15) is 18.1 Å². The van der Waals surface area contributed by atoms with Crippen molar-refractivity contribution >= 4 is 26.8 Å². The molecule has 0 radical (unpaired) electrons. The first kappa shape index (κ1) is 15.2. The highest BCUT2D eigenvalue weighted by Gasteiger charge is 2.04. The van der Waals surface area contributed by atoms with E-state index in [0.29, 0.717) is 6.04 Å². The SMILES string of the molecule is CC(Cc1cccc(Br)c1)NCc1ccc2ncccc2c1. The van der Waals surface area contributed by atoms with Crippen molar-refractivity contribution in [2.45, 2.75) is 25.9 Å². The number of hydrogen-bond donors (Lipinski definition) is 1. The van der Waals surface area contributed by atoms with Crippen molar-refractivity contribution in [2.24, 2.45) is 0 Å². The van der Waals surface area contributed by atoms with Crippen LogP contribution in [-0.2, 0) is 13.0 Å². The van der Waals surface area contributed by atoms with Gasteiger partial charge in [0.2, 0.25) is 0 Å². The lowest BCUT2D eigenvalue weighted by Gasteiger charge is -2.14. The summed E-state index contributed by atoms with van der Waals surface area (Å²) in [6, 6.07) is 19.5. The van der Waals surface area contributed by atoms with Gasteiger partial charge >= 0.3 is 0 Å². The van der Waals surface area contributed by atoms with E-state index in [9.17, 15) is 0 Å². The number of pyridine rings is 1. The molecule has 2 aromatic carbocycles. The van der Waals surface area contributed by atoms with Gasteiger partial charge in [-0.05, 0) is 54.8 Å². The van der Waals surface area contributed by atoms with E-state index >= 15 is 0 Å². The van der Waals surface area contributed by atoms with Gasteiger partial charge < -0.3 is 5.32 Å². The number of benzene rings is 2. The quantitative estimate of drug-likeness (QED) is 0.717. The fourth-order valence-corrected chi connectivity index (χ4v) is 3.06. The van der Waals surface area contributed by atoms with E-state index in [2.05, 4.69) is 81.7 Å². The summed E-state index contributed by atoms with van der Waals surface area (Å²) in [5, 5.41) is 4.79. The molecule has 1 unspecified atom stereocenters. The predicted octanol–water partition coefficient (Wildman–Crippen LogP) is 4.72. The summed E-state index contributed by atoms with van der Waals surface area (Å²) >= 11 is 3.52. The third-order valence-corrected chi connectivity index (χ3v) is 4.25. The Bertz CT molecular complexity index is 770. The van der Waals surface area contributed by atoms with Crippen LogP contribution in [0, 0.1) is 0 Å². The molecule has 0 saturated carbocycles. The van der Waals surface area contributed by atoms with Crippen LogP contribution in [0.4, 0.5) is 0 Å². The molecule has 0 saturated heterocycles. The highest BCUT2D eigenvalue weighted by molar-refractivity contribution is 9.10. The first-order valence-corrected chi connectivity index (χ1v) is 8.31. The summed E-state index contributed by atoms with van der Waals surface area (Å²) in [6.07, 6.45) is 2.86. The van der Waals surface area contributed by atoms with Crippen LogP contribution in [0.25, 0.3) is 10.9 Å². The van der Waals surface area contributed by atoms with Gasteiger partial charge in [-0.2, -0.15) is 0 Å². The largest absolute Gasteiger partial charge is 0.310 e. The molecule has 1 N–H and O–H groups in total. The number of nitrogens with one attached hydrogen (secondary N) is 1. The van der Waals surface area contributed by atoms with E-state index in [4.69, 9.17) is 0 Å². The summed E-state index contributed by atoms with van der Waals surface area (Å²) in [5.41, 5.74) is 3.69. The maximum atomic E-state index is 4.36. The highest BCUT2D eigenvalue weighted by Crippen LogP contribution is 2.15. The van der Waals surface area contributed by atoms with Gasteiger partial charge in [0.1, 0.15) is 0 Å². The molecule has 1 atom stereocenters. The van der Waals surface area contributed by atoms with Crippen molar-refractivity contribution < 1.29 is 0 Å². The Morgan fingerprint density at radius 1 is 1.05 bits per heavy atom. The second-order valence-corrected chi connectivity index (χ2v) is 6.56. The number of nitrogens with zero attached hydrogens (tertiary/aromatic N) is 1. The van der Waals surface area contributed by atoms with Crippen LogP contribution < -0.4 is 5.32 Å². The molecule has 3 heteroatoms. The van der Waals surface area contributed by atoms with Gasteiger partial charge in [0, 0.05) is 28.6 Å². The van der Waals surface area contributed by atoms with Gasteiger partial charge in [-0.15, -0.1) is 0 Å². The predicted molar refractivity (Wildman–Crippen MR) is 95.9 cm³/mol. The fraction of sp³-hybridized carbons (Fsp3) is 0.211. The Morgan fingerprint density at radius 3 is 2.82 bits per heavy atom. The molecule has 0 bridgehead atoms. The average Bonchev–Trinajstić information content (AvgIpc) is 2.53. The Balaban J connectivity index is 1.61. The lowest BCUT2D eigenvalue weighted by Crippen LogP contribution is -2.27. The maximum Gasteiger partial charge on any atom is 0.0702 e. The van der Waals surface area contributed by atoms with Gasteiger partial charge in [0.05, 0.1) is 5.52 Å². The number of halogens is 1. The monoisotopic (exact) mass is 354 g/mol. The first-order chi connectivity index (χ1) is 10.7. The molecular weight excluding hydrogens is 336 g/mol. The second-order valence-electron chi connectivity index (χ2n) is 5.65. The van der Waals surface area contributed by atoms with Crippen LogP contribution in [0.3, 0.4) is 0 Å². The van der Waals surface area contributed by atoms with Crippen LogP contribution in [-0.4, -0.2) is 11.0 Å². The minimum absolute atomic E-state index is 0.430. The van der Waals surface area contributed by atoms with Crippen LogP contribution in [0.2, 0.25) is 0 Å². The van der Waals surface area contributed by atoms with E-state index in [-0.39, 0.29) is 0 Å². The molecule has 0 aliphatic heterocycles. The van der Waals surface area contributed by atoms with E-state index in [1.165, 1.54) is 16.5 Å². The lowest BCUT2D eigenvalue weighted by atomic mass is 10.1. The molecule has 22 heavy (non-hydrogen) atoms. The van der Waals surface area contributed by atoms with Gasteiger partial charge in [-0.25, -0.2) is 0 Å². The molecule has 3 rings (SSSR count). The third kappa shape index (κ3) is 3.93. The molecule has 1 aromatic heterocycles. The van der Waals surface area contributed by atoms with Crippen molar-refractivity contribution in [3.05, 3.63) is 76.4 Å². The maximum absolute atomic E-state index is 4.36. The zero-order chi connectivity index (χ0) is 15.4. The Kier molecular flexibility index (Phi) is 4.86. The summed E-state index contributed by atoms with van der Waals surface area (Å²) in [7, 11) is 0. The van der Waals surface area contributed by atoms with Crippen molar-refractivity contribution in [3.8, 4) is 0 Å². The second kappa shape index (κ2) is 7.03. The highest BCUT2D eigenvalue weighted by atomic mass is 79.9. The normalized spacial score (nSPS) is 12.5. The minimum Gasteiger partial charge on any atom is -0.310 e. The molecule has 0 aliphatic rings. The van der Waals surface area contributed by atoms with Crippen molar-refractivity contribution in [3.63, 3.8) is 0 Å². The summed E-state index contributed by atoms with van der Waals surface area (Å²) in [5.74, 6) is 0. The molecule has 0 spiro atoms. The average molecular weight is 355 g/mol. The summed E-state index contributed by atoms with van der Waals surface area (Å²) < 4.78 is 1.14. The van der Waals surface area contributed by atoms with Crippen molar-refractivity contribution in [1.82, 2.24) is 10.3 Å². The Hall–Kier alpha value is -1.71. The molecule has 112 valence electrons. The smallest absolute Gasteiger partial charge is 0.0702 e. The van der Waals surface area contributed by atoms with Crippen molar-refractivity contribution in [2.75, 3.05) is 0 Å². The lowest BCUT2D eigenvalue weighted by molar-refractivity contribution is 0.545. The minimum atomic E-state index is 0.430. The number of rotatable bonds is 5. The standard InChI is InChI=1S/C19H19BrN2/c1-14(10-15-4-2-6-18(20)12-15)22-13-16-7-8-19-17(11-16)5-3-9-21-19/h2-9,11-12,14,22H,10,13H2,1H3. The zero-order valence-corrected chi connectivity index (χ0v) is 14.2. The van der Waals surface area contributed by atoms with E-state index in [1.54, 1.807) is 0 Å².